The van der Waals surface area contributed by atoms with Crippen LogP contribution in [0.5, 0.6) is 0 Å². The first-order chi connectivity index (χ1) is 6.99. The van der Waals surface area contributed by atoms with Crippen molar-refractivity contribution in [1.82, 2.24) is 4.98 Å². The normalized spacial score (nSPS) is 14.9. The van der Waals surface area contributed by atoms with Crippen LogP contribution in [0.2, 0.25) is 0 Å². The number of pyridine rings is 1. The third-order valence-corrected chi connectivity index (χ3v) is 4.32. The van der Waals surface area contributed by atoms with Crippen LogP contribution in [-0.4, -0.2) is 18.3 Å². The molecule has 0 N–H and O–H groups in total. The summed E-state index contributed by atoms with van der Waals surface area (Å²) in [5.74, 6) is 0. The number of alkyl halides is 1. The molecule has 1 aromatic heterocycles. The molecule has 84 valence electrons. The molecular weight excluding hydrogens is 277 g/mol. The van der Waals surface area contributed by atoms with E-state index in [0.717, 1.165) is 11.3 Å². The van der Waals surface area contributed by atoms with Crippen molar-refractivity contribution in [3.05, 3.63) is 23.4 Å². The third kappa shape index (κ3) is 3.40. The fraction of sp³-hybridized carbons (Fsp3) is 0.500. The maximum absolute atomic E-state index is 12.1. The van der Waals surface area contributed by atoms with E-state index in [1.807, 2.05) is 26.0 Å². The largest absolute Gasteiger partial charge is 0.325 e. The zero-order valence-corrected chi connectivity index (χ0v) is 11.6. The predicted octanol–water partition coefficient (Wildman–Crippen LogP) is 2.85. The van der Waals surface area contributed by atoms with Gasteiger partial charge in [0.25, 0.3) is 0 Å². The lowest BCUT2D eigenvalue weighted by Gasteiger charge is -2.13. The second kappa shape index (κ2) is 5.24. The van der Waals surface area contributed by atoms with Crippen molar-refractivity contribution >= 4 is 28.7 Å². The molecule has 0 bridgehead atoms. The number of hydrogen-bond donors (Lipinski definition) is 0. The van der Waals surface area contributed by atoms with Crippen molar-refractivity contribution in [3.8, 4) is 0 Å². The second-order valence-corrected chi connectivity index (χ2v) is 6.36. The average Bonchev–Trinajstić information content (AvgIpc) is 2.16. The molecule has 0 aromatic carbocycles. The van der Waals surface area contributed by atoms with Crippen molar-refractivity contribution in [3.63, 3.8) is 0 Å². The van der Waals surface area contributed by atoms with Crippen molar-refractivity contribution < 1.29 is 9.09 Å². The summed E-state index contributed by atoms with van der Waals surface area (Å²) in [7, 11) is -2.74. The van der Waals surface area contributed by atoms with Crippen LogP contribution in [-0.2, 0) is 14.4 Å². The lowest BCUT2D eigenvalue weighted by Crippen LogP contribution is -2.13. The molecule has 0 fully saturated rings. The van der Waals surface area contributed by atoms with Crippen molar-refractivity contribution in [1.29, 1.82) is 0 Å². The van der Waals surface area contributed by atoms with E-state index in [1.54, 1.807) is 6.66 Å². The standard InChI is InChI=1S/C10H15BrNO2P/c1-4-14-15(3,13)10-6-8(2)5-9(7-11)12-10/h5-6H,4,7H2,1-3H3. The second-order valence-electron chi connectivity index (χ2n) is 3.39. The molecule has 0 aliphatic rings. The van der Waals surface area contributed by atoms with Crippen molar-refractivity contribution in [2.75, 3.05) is 13.3 Å². The van der Waals surface area contributed by atoms with Gasteiger partial charge in [-0.1, -0.05) is 15.9 Å². The smallest absolute Gasteiger partial charge is 0.246 e. The van der Waals surface area contributed by atoms with E-state index in [4.69, 9.17) is 4.52 Å². The topological polar surface area (TPSA) is 39.2 Å². The molecule has 0 aliphatic heterocycles. The Morgan fingerprint density at radius 3 is 2.73 bits per heavy atom. The summed E-state index contributed by atoms with van der Waals surface area (Å²) in [5, 5.41) is 0.661. The number of aromatic nitrogens is 1. The molecule has 0 radical (unpaired) electrons. The van der Waals surface area contributed by atoms with E-state index in [9.17, 15) is 4.57 Å². The Balaban J connectivity index is 3.13. The van der Waals surface area contributed by atoms with Gasteiger partial charge in [-0.25, -0.2) is 4.98 Å². The van der Waals surface area contributed by atoms with Crippen LogP contribution in [0, 0.1) is 6.92 Å². The lowest BCUT2D eigenvalue weighted by molar-refractivity contribution is 0.344. The molecule has 15 heavy (non-hydrogen) atoms. The van der Waals surface area contributed by atoms with E-state index in [0.29, 0.717) is 17.4 Å². The molecule has 1 aromatic rings. The Labute approximate surface area is 98.8 Å². The molecule has 0 saturated carbocycles. The van der Waals surface area contributed by atoms with Gasteiger partial charge in [0.15, 0.2) is 0 Å². The monoisotopic (exact) mass is 291 g/mol. The van der Waals surface area contributed by atoms with Gasteiger partial charge in [-0.3, -0.25) is 4.57 Å². The van der Waals surface area contributed by atoms with E-state index in [-0.39, 0.29) is 0 Å². The maximum Gasteiger partial charge on any atom is 0.246 e. The molecule has 3 nitrogen and oxygen atoms in total. The summed E-state index contributed by atoms with van der Waals surface area (Å²) in [6.45, 7) is 5.84. The molecule has 0 amide bonds. The van der Waals surface area contributed by atoms with Gasteiger partial charge in [-0.15, -0.1) is 0 Å². The van der Waals surface area contributed by atoms with Crippen LogP contribution in [0.15, 0.2) is 12.1 Å². The Kier molecular flexibility index (Phi) is 4.50. The van der Waals surface area contributed by atoms with Crippen LogP contribution in [0.3, 0.4) is 0 Å². The fourth-order valence-corrected chi connectivity index (χ4v) is 2.97. The Morgan fingerprint density at radius 1 is 1.53 bits per heavy atom. The van der Waals surface area contributed by atoms with E-state index >= 15 is 0 Å². The molecule has 0 aliphatic carbocycles. The van der Waals surface area contributed by atoms with Crippen molar-refractivity contribution in [2.45, 2.75) is 19.2 Å². The van der Waals surface area contributed by atoms with Gasteiger partial charge in [-0.05, 0) is 31.5 Å². The van der Waals surface area contributed by atoms with Gasteiger partial charge in [0.05, 0.1) is 12.3 Å². The Bertz CT molecular complexity index is 395. The van der Waals surface area contributed by atoms with Crippen LogP contribution < -0.4 is 5.44 Å². The number of hydrogen-bond acceptors (Lipinski definition) is 3. The van der Waals surface area contributed by atoms with Crippen LogP contribution in [0.25, 0.3) is 0 Å². The van der Waals surface area contributed by atoms with Crippen LogP contribution >= 0.6 is 23.3 Å². The first kappa shape index (κ1) is 12.9. The molecule has 1 rings (SSSR count). The number of rotatable bonds is 4. The number of aryl methyl sites for hydroxylation is 1. The SMILES string of the molecule is CCOP(C)(=O)c1cc(C)cc(CBr)n1. The Hall–Kier alpha value is -0.180. The highest BCUT2D eigenvalue weighted by molar-refractivity contribution is 9.08. The van der Waals surface area contributed by atoms with Crippen molar-refractivity contribution in [2.24, 2.45) is 0 Å². The van der Waals surface area contributed by atoms with Gasteiger partial charge >= 0.3 is 0 Å². The third-order valence-electron chi connectivity index (χ3n) is 1.94. The van der Waals surface area contributed by atoms with E-state index < -0.39 is 7.37 Å². The summed E-state index contributed by atoms with van der Waals surface area (Å²) in [4.78, 5) is 4.31. The van der Waals surface area contributed by atoms with E-state index in [2.05, 4.69) is 20.9 Å². The van der Waals surface area contributed by atoms with Gasteiger partial charge in [0, 0.05) is 12.0 Å². The zero-order chi connectivity index (χ0) is 11.5. The quantitative estimate of drug-likeness (QED) is 0.632. The van der Waals surface area contributed by atoms with Gasteiger partial charge < -0.3 is 4.52 Å². The lowest BCUT2D eigenvalue weighted by atomic mass is 10.3. The first-order valence-electron chi connectivity index (χ1n) is 4.75. The number of nitrogens with zero attached hydrogens (tertiary/aromatic N) is 1. The number of halogens is 1. The Morgan fingerprint density at radius 2 is 2.20 bits per heavy atom. The average molecular weight is 292 g/mol. The summed E-state index contributed by atoms with van der Waals surface area (Å²) >= 11 is 3.34. The highest BCUT2D eigenvalue weighted by Gasteiger charge is 2.20. The van der Waals surface area contributed by atoms with Crippen LogP contribution in [0.4, 0.5) is 0 Å². The van der Waals surface area contributed by atoms with Gasteiger partial charge in [0.1, 0.15) is 5.44 Å². The molecule has 1 atom stereocenters. The molecule has 1 unspecified atom stereocenters. The molecule has 5 heteroatoms. The minimum atomic E-state index is -2.74. The van der Waals surface area contributed by atoms with Gasteiger partial charge in [0.2, 0.25) is 7.37 Å². The predicted molar refractivity (Wildman–Crippen MR) is 66.4 cm³/mol. The van der Waals surface area contributed by atoms with Gasteiger partial charge in [-0.2, -0.15) is 0 Å². The highest BCUT2D eigenvalue weighted by Crippen LogP contribution is 2.40. The van der Waals surface area contributed by atoms with Crippen LogP contribution in [0.1, 0.15) is 18.2 Å². The molecule has 0 saturated heterocycles. The summed E-state index contributed by atoms with van der Waals surface area (Å²) in [5.41, 5.74) is 2.49. The summed E-state index contributed by atoms with van der Waals surface area (Å²) in [6.07, 6.45) is 0. The summed E-state index contributed by atoms with van der Waals surface area (Å²) in [6, 6.07) is 3.78. The minimum absolute atomic E-state index is 0.438. The molecule has 0 spiro atoms. The summed E-state index contributed by atoms with van der Waals surface area (Å²) < 4.78 is 17.4. The highest BCUT2D eigenvalue weighted by atomic mass is 79.9. The minimum Gasteiger partial charge on any atom is -0.325 e. The van der Waals surface area contributed by atoms with E-state index in [1.165, 1.54) is 0 Å². The first-order valence-corrected chi connectivity index (χ1v) is 7.95. The zero-order valence-electron chi connectivity index (χ0n) is 9.16. The molecular formula is C10H15BrNO2P. The molecule has 1 heterocycles. The fourth-order valence-electron chi connectivity index (χ4n) is 1.31. The maximum atomic E-state index is 12.1.